The molecule has 15 heavy (non-hydrogen) atoms. The molecule has 0 aliphatic carbocycles. The molecule has 0 saturated carbocycles. The van der Waals surface area contributed by atoms with Crippen LogP contribution in [-0.2, 0) is 9.53 Å². The Morgan fingerprint density at radius 2 is 2.13 bits per heavy atom. The molecule has 0 aromatic heterocycles. The molecule has 0 spiro atoms. The third-order valence-electron chi connectivity index (χ3n) is 1.71. The molecule has 0 atom stereocenters. The van der Waals surface area contributed by atoms with Gasteiger partial charge >= 0.3 is 12.0 Å². The summed E-state index contributed by atoms with van der Waals surface area (Å²) >= 11 is 0. The average Bonchev–Trinajstić information content (AvgIpc) is 2.23. The zero-order valence-electron chi connectivity index (χ0n) is 9.28. The summed E-state index contributed by atoms with van der Waals surface area (Å²) in [6.45, 7) is 8.37. The summed E-state index contributed by atoms with van der Waals surface area (Å²) in [6, 6.07) is -0.287. The zero-order valence-corrected chi connectivity index (χ0v) is 9.28. The van der Waals surface area contributed by atoms with Gasteiger partial charge in [0.15, 0.2) is 0 Å². The fourth-order valence-electron chi connectivity index (χ4n) is 0.983. The van der Waals surface area contributed by atoms with E-state index in [0.717, 1.165) is 0 Å². The van der Waals surface area contributed by atoms with E-state index in [2.05, 4.69) is 16.6 Å². The summed E-state index contributed by atoms with van der Waals surface area (Å²) in [4.78, 5) is 23.9. The maximum absolute atomic E-state index is 11.4. The molecule has 0 saturated heterocycles. The van der Waals surface area contributed by atoms with Crippen LogP contribution in [0.25, 0.3) is 0 Å². The lowest BCUT2D eigenvalue weighted by atomic mass is 10.5. The highest BCUT2D eigenvalue weighted by Gasteiger charge is 2.10. The topological polar surface area (TPSA) is 58.6 Å². The van der Waals surface area contributed by atoms with Crippen LogP contribution in [0.3, 0.4) is 0 Å². The first-order valence-corrected chi connectivity index (χ1v) is 4.94. The molecule has 5 nitrogen and oxygen atoms in total. The number of urea groups is 1. The van der Waals surface area contributed by atoms with E-state index in [1.54, 1.807) is 13.0 Å². The molecule has 86 valence electrons. The van der Waals surface area contributed by atoms with Gasteiger partial charge in [0, 0.05) is 13.1 Å². The largest absolute Gasteiger partial charge is 0.465 e. The number of hydrogen-bond donors (Lipinski definition) is 1. The monoisotopic (exact) mass is 214 g/mol. The van der Waals surface area contributed by atoms with Crippen LogP contribution in [0.2, 0.25) is 0 Å². The van der Waals surface area contributed by atoms with Crippen molar-refractivity contribution in [1.29, 1.82) is 0 Å². The van der Waals surface area contributed by atoms with Gasteiger partial charge in [0.25, 0.3) is 0 Å². The molecule has 0 aliphatic heterocycles. The van der Waals surface area contributed by atoms with Crippen LogP contribution in [0.5, 0.6) is 0 Å². The number of carbonyl (C=O) groups excluding carboxylic acids is 2. The molecule has 0 bridgehead atoms. The van der Waals surface area contributed by atoms with Gasteiger partial charge < -0.3 is 15.0 Å². The molecule has 0 heterocycles. The van der Waals surface area contributed by atoms with Crippen molar-refractivity contribution in [2.45, 2.75) is 13.8 Å². The first kappa shape index (κ1) is 13.5. The maximum atomic E-state index is 11.4. The van der Waals surface area contributed by atoms with Gasteiger partial charge in [-0.3, -0.25) is 4.79 Å². The Morgan fingerprint density at radius 3 is 2.60 bits per heavy atom. The third-order valence-corrected chi connectivity index (χ3v) is 1.71. The number of likely N-dealkylation sites (N-methyl/N-ethyl adjacent to an activating group) is 1. The predicted molar refractivity (Wildman–Crippen MR) is 57.5 cm³/mol. The van der Waals surface area contributed by atoms with Gasteiger partial charge in [-0.15, -0.1) is 6.58 Å². The lowest BCUT2D eigenvalue weighted by molar-refractivity contribution is -0.141. The van der Waals surface area contributed by atoms with Crippen LogP contribution in [0.1, 0.15) is 13.8 Å². The van der Waals surface area contributed by atoms with Crippen molar-refractivity contribution >= 4 is 12.0 Å². The summed E-state index contributed by atoms with van der Waals surface area (Å²) in [5.41, 5.74) is 0. The molecule has 1 N–H and O–H groups in total. The molecule has 0 fully saturated rings. The minimum Gasteiger partial charge on any atom is -0.465 e. The van der Waals surface area contributed by atoms with Gasteiger partial charge in [-0.05, 0) is 13.8 Å². The second-order valence-electron chi connectivity index (χ2n) is 2.79. The summed E-state index contributed by atoms with van der Waals surface area (Å²) in [7, 11) is 0. The Balaban J connectivity index is 3.89. The highest BCUT2D eigenvalue weighted by atomic mass is 16.5. The fraction of sp³-hybridized carbons (Fsp3) is 0.600. The number of nitrogens with one attached hydrogen (secondary N) is 1. The van der Waals surface area contributed by atoms with Crippen LogP contribution in [0.4, 0.5) is 4.79 Å². The zero-order chi connectivity index (χ0) is 11.7. The SMILES string of the molecule is C=CCN(CC)C(=O)NCC(=O)OCC. The van der Waals surface area contributed by atoms with Crippen LogP contribution in [0, 0.1) is 0 Å². The fourth-order valence-corrected chi connectivity index (χ4v) is 0.983. The molecule has 0 radical (unpaired) electrons. The second kappa shape index (κ2) is 7.84. The van der Waals surface area contributed by atoms with Gasteiger partial charge in [-0.2, -0.15) is 0 Å². The van der Waals surface area contributed by atoms with Crippen molar-refractivity contribution in [3.05, 3.63) is 12.7 Å². The molecule has 5 heteroatoms. The molecule has 0 aliphatic rings. The molecular formula is C10H18N2O3. The van der Waals surface area contributed by atoms with E-state index in [9.17, 15) is 9.59 Å². The Hall–Kier alpha value is -1.52. The van der Waals surface area contributed by atoms with E-state index < -0.39 is 5.97 Å². The minimum atomic E-state index is -0.430. The smallest absolute Gasteiger partial charge is 0.325 e. The average molecular weight is 214 g/mol. The maximum Gasteiger partial charge on any atom is 0.325 e. The number of hydrogen-bond acceptors (Lipinski definition) is 3. The van der Waals surface area contributed by atoms with E-state index in [0.29, 0.717) is 19.7 Å². The highest BCUT2D eigenvalue weighted by molar-refractivity contribution is 5.80. The van der Waals surface area contributed by atoms with Crippen molar-refractivity contribution in [2.75, 3.05) is 26.2 Å². The first-order chi connectivity index (χ1) is 7.15. The molecule has 0 aromatic carbocycles. The van der Waals surface area contributed by atoms with Crippen molar-refractivity contribution in [2.24, 2.45) is 0 Å². The lowest BCUT2D eigenvalue weighted by Gasteiger charge is -2.18. The normalized spacial score (nSPS) is 9.20. The number of amides is 2. The van der Waals surface area contributed by atoms with Gasteiger partial charge in [0.2, 0.25) is 0 Å². The molecular weight excluding hydrogens is 196 g/mol. The Kier molecular flexibility index (Phi) is 7.05. The molecule has 0 rings (SSSR count). The Labute approximate surface area is 90.1 Å². The quantitative estimate of drug-likeness (QED) is 0.524. The van der Waals surface area contributed by atoms with Crippen LogP contribution >= 0.6 is 0 Å². The first-order valence-electron chi connectivity index (χ1n) is 4.94. The Morgan fingerprint density at radius 1 is 1.47 bits per heavy atom. The standard InChI is InChI=1S/C10H18N2O3/c1-4-7-12(5-2)10(14)11-8-9(13)15-6-3/h4H,1,5-8H2,2-3H3,(H,11,14). The minimum absolute atomic E-state index is 0.0969. The molecule has 2 amide bonds. The Bertz CT molecular complexity index is 229. The number of rotatable bonds is 6. The predicted octanol–water partition coefficient (Wildman–Crippen LogP) is 0.767. The number of ether oxygens (including phenoxy) is 1. The van der Waals surface area contributed by atoms with E-state index in [1.807, 2.05) is 6.92 Å². The van der Waals surface area contributed by atoms with E-state index in [-0.39, 0.29) is 12.6 Å². The van der Waals surface area contributed by atoms with Crippen molar-refractivity contribution < 1.29 is 14.3 Å². The van der Waals surface area contributed by atoms with Crippen LogP contribution in [-0.4, -0.2) is 43.1 Å². The molecule has 0 unspecified atom stereocenters. The summed E-state index contributed by atoms with van der Waals surface area (Å²) in [6.07, 6.45) is 1.63. The summed E-state index contributed by atoms with van der Waals surface area (Å²) in [5, 5.41) is 2.47. The van der Waals surface area contributed by atoms with Gasteiger partial charge in [-0.1, -0.05) is 6.08 Å². The van der Waals surface area contributed by atoms with E-state index in [1.165, 1.54) is 4.90 Å². The van der Waals surface area contributed by atoms with Crippen molar-refractivity contribution in [3.63, 3.8) is 0 Å². The van der Waals surface area contributed by atoms with Crippen molar-refractivity contribution in [3.8, 4) is 0 Å². The van der Waals surface area contributed by atoms with Gasteiger partial charge in [0.05, 0.1) is 6.61 Å². The lowest BCUT2D eigenvalue weighted by Crippen LogP contribution is -2.42. The second-order valence-corrected chi connectivity index (χ2v) is 2.79. The number of nitrogens with zero attached hydrogens (tertiary/aromatic N) is 1. The van der Waals surface area contributed by atoms with Crippen LogP contribution in [0.15, 0.2) is 12.7 Å². The number of esters is 1. The third kappa shape index (κ3) is 5.72. The van der Waals surface area contributed by atoms with Gasteiger partial charge in [0.1, 0.15) is 6.54 Å². The van der Waals surface area contributed by atoms with Crippen LogP contribution < -0.4 is 5.32 Å². The highest BCUT2D eigenvalue weighted by Crippen LogP contribution is 1.89. The van der Waals surface area contributed by atoms with E-state index in [4.69, 9.17) is 0 Å². The van der Waals surface area contributed by atoms with Gasteiger partial charge in [-0.25, -0.2) is 4.79 Å². The summed E-state index contributed by atoms with van der Waals surface area (Å²) < 4.78 is 4.67. The van der Waals surface area contributed by atoms with E-state index >= 15 is 0 Å². The molecule has 0 aromatic rings. The summed E-state index contributed by atoms with van der Waals surface area (Å²) in [5.74, 6) is -0.430. The van der Waals surface area contributed by atoms with Crippen molar-refractivity contribution in [1.82, 2.24) is 10.2 Å². The number of carbonyl (C=O) groups is 2.